The van der Waals surface area contributed by atoms with Crippen LogP contribution in [0.1, 0.15) is 36.1 Å². The Morgan fingerprint density at radius 2 is 1.91 bits per heavy atom. The highest BCUT2D eigenvalue weighted by molar-refractivity contribution is 7.98. The first-order chi connectivity index (χ1) is 16.0. The molecular formula is C24H27FN4O3S. The number of ketones is 2. The third-order valence-corrected chi connectivity index (χ3v) is 7.50. The van der Waals surface area contributed by atoms with E-state index in [0.717, 1.165) is 31.5 Å². The standard InChI is InChI=1S/C24H27FN4O3S/c1-15-21(30)22(31)23(16-5-3-2-4-6-16)33-29(15)14-18-7-8-19(13-20(18)25)27-24(28-32)17-9-11-26-12-10-17/h2-8,13,15,17,23,26,32H,9-12,14H2,1H3,(H,27,28)/t15-,23+/m0/s1. The molecule has 174 valence electrons. The van der Waals surface area contributed by atoms with Crippen LogP contribution in [0.3, 0.4) is 0 Å². The Morgan fingerprint density at radius 3 is 2.58 bits per heavy atom. The molecule has 9 heteroatoms. The van der Waals surface area contributed by atoms with E-state index in [4.69, 9.17) is 0 Å². The predicted octanol–water partition coefficient (Wildman–Crippen LogP) is 3.57. The van der Waals surface area contributed by atoms with E-state index < -0.39 is 28.7 Å². The Kier molecular flexibility index (Phi) is 7.54. The van der Waals surface area contributed by atoms with Gasteiger partial charge in [0.15, 0.2) is 0 Å². The summed E-state index contributed by atoms with van der Waals surface area (Å²) in [7, 11) is 0. The lowest BCUT2D eigenvalue weighted by Crippen LogP contribution is -2.45. The zero-order valence-corrected chi connectivity index (χ0v) is 19.1. The highest BCUT2D eigenvalue weighted by atomic mass is 32.2. The number of Topliss-reactive ketones (excluding diaryl/α,β-unsaturated/α-hetero) is 2. The Morgan fingerprint density at radius 1 is 1.18 bits per heavy atom. The number of benzene rings is 2. The second kappa shape index (κ2) is 10.6. The van der Waals surface area contributed by atoms with E-state index in [1.54, 1.807) is 23.4 Å². The molecule has 0 unspecified atom stereocenters. The van der Waals surface area contributed by atoms with E-state index in [9.17, 15) is 19.2 Å². The summed E-state index contributed by atoms with van der Waals surface area (Å²) < 4.78 is 16.7. The molecule has 2 atom stereocenters. The number of nitrogens with one attached hydrogen (secondary N) is 2. The van der Waals surface area contributed by atoms with Gasteiger partial charge in [-0.3, -0.25) is 20.3 Å². The van der Waals surface area contributed by atoms with Gasteiger partial charge in [-0.05, 0) is 50.6 Å². The maximum Gasteiger partial charge on any atom is 0.218 e. The van der Waals surface area contributed by atoms with Crippen molar-refractivity contribution in [2.45, 2.75) is 37.6 Å². The SMILES string of the molecule is C[C@H]1C(=O)C(=O)[C@@H](c2ccccc2)SN1Cc1ccc(N=C(NO)C2CCNCC2)cc1F. The molecule has 33 heavy (non-hydrogen) atoms. The van der Waals surface area contributed by atoms with Gasteiger partial charge in [0.2, 0.25) is 11.6 Å². The van der Waals surface area contributed by atoms with Crippen LogP contribution in [-0.2, 0) is 16.1 Å². The van der Waals surface area contributed by atoms with Crippen LogP contribution in [-0.4, -0.2) is 46.0 Å². The Hall–Kier alpha value is -2.59. The molecular weight excluding hydrogens is 443 g/mol. The first-order valence-electron chi connectivity index (χ1n) is 11.0. The number of aliphatic imine (C=N–C) groups is 1. The summed E-state index contributed by atoms with van der Waals surface area (Å²) in [4.78, 5) is 29.6. The maximum absolute atomic E-state index is 15.0. The van der Waals surface area contributed by atoms with Gasteiger partial charge >= 0.3 is 0 Å². The van der Waals surface area contributed by atoms with Crippen molar-refractivity contribution in [1.82, 2.24) is 15.1 Å². The molecule has 0 amide bonds. The number of amidine groups is 1. The molecule has 0 bridgehead atoms. The molecule has 0 aliphatic carbocycles. The molecule has 2 fully saturated rings. The number of hydrogen-bond donors (Lipinski definition) is 3. The average Bonchev–Trinajstić information content (AvgIpc) is 2.85. The van der Waals surface area contributed by atoms with Crippen molar-refractivity contribution in [3.63, 3.8) is 0 Å². The van der Waals surface area contributed by atoms with Crippen LogP contribution in [0, 0.1) is 11.7 Å². The van der Waals surface area contributed by atoms with Crippen molar-refractivity contribution in [2.24, 2.45) is 10.9 Å². The van der Waals surface area contributed by atoms with E-state index in [2.05, 4.69) is 15.8 Å². The minimum absolute atomic E-state index is 0.0862. The fraction of sp³-hybridized carbons (Fsp3) is 0.375. The van der Waals surface area contributed by atoms with Gasteiger partial charge < -0.3 is 5.32 Å². The molecule has 2 aliphatic rings. The average molecular weight is 471 g/mol. The van der Waals surface area contributed by atoms with Gasteiger partial charge in [0, 0.05) is 18.0 Å². The Bertz CT molecular complexity index is 1040. The molecule has 0 saturated carbocycles. The fourth-order valence-corrected chi connectivity index (χ4v) is 5.35. The van der Waals surface area contributed by atoms with Gasteiger partial charge in [-0.1, -0.05) is 48.3 Å². The van der Waals surface area contributed by atoms with Crippen LogP contribution in [0.2, 0.25) is 0 Å². The van der Waals surface area contributed by atoms with Gasteiger partial charge in [-0.25, -0.2) is 13.7 Å². The molecule has 0 radical (unpaired) electrons. The molecule has 3 N–H and O–H groups in total. The lowest BCUT2D eigenvalue weighted by molar-refractivity contribution is -0.139. The summed E-state index contributed by atoms with van der Waals surface area (Å²) in [5.74, 6) is -0.832. The van der Waals surface area contributed by atoms with Crippen molar-refractivity contribution >= 4 is 35.0 Å². The van der Waals surface area contributed by atoms with E-state index in [1.165, 1.54) is 18.0 Å². The second-order valence-corrected chi connectivity index (χ2v) is 9.44. The van der Waals surface area contributed by atoms with Gasteiger partial charge in [-0.15, -0.1) is 0 Å². The Balaban J connectivity index is 1.51. The number of carbonyl (C=O) groups excluding carboxylic acids is 2. The normalized spacial score (nSPS) is 23.1. The summed E-state index contributed by atoms with van der Waals surface area (Å²) >= 11 is 1.27. The third-order valence-electron chi connectivity index (χ3n) is 6.09. The topological polar surface area (TPSA) is 94.0 Å². The summed E-state index contributed by atoms with van der Waals surface area (Å²) in [5.41, 5.74) is 3.74. The van der Waals surface area contributed by atoms with Crippen LogP contribution in [0.15, 0.2) is 53.5 Å². The molecule has 2 saturated heterocycles. The largest absolute Gasteiger partial charge is 0.317 e. The van der Waals surface area contributed by atoms with Gasteiger partial charge in [0.05, 0.1) is 11.7 Å². The number of nitrogens with zero attached hydrogens (tertiary/aromatic N) is 2. The van der Waals surface area contributed by atoms with Crippen LogP contribution >= 0.6 is 11.9 Å². The number of piperidine rings is 1. The van der Waals surface area contributed by atoms with Crippen LogP contribution in [0.25, 0.3) is 0 Å². The van der Waals surface area contributed by atoms with Crippen LogP contribution in [0.4, 0.5) is 10.1 Å². The van der Waals surface area contributed by atoms with Gasteiger partial charge in [0.1, 0.15) is 16.9 Å². The molecule has 2 heterocycles. The van der Waals surface area contributed by atoms with Gasteiger partial charge in [-0.2, -0.15) is 0 Å². The quantitative estimate of drug-likeness (QED) is 0.202. The number of rotatable bonds is 5. The summed E-state index contributed by atoms with van der Waals surface area (Å²) in [5, 5.41) is 12.1. The first-order valence-corrected chi connectivity index (χ1v) is 11.9. The van der Waals surface area contributed by atoms with Gasteiger partial charge in [0.25, 0.3) is 0 Å². The molecule has 7 nitrogen and oxygen atoms in total. The first kappa shape index (κ1) is 23.6. The number of hydroxylamine groups is 1. The number of halogens is 1. The summed E-state index contributed by atoms with van der Waals surface area (Å²) in [6.45, 7) is 3.53. The minimum atomic E-state index is -0.648. The molecule has 2 aliphatic heterocycles. The monoisotopic (exact) mass is 470 g/mol. The van der Waals surface area contributed by atoms with Crippen molar-refractivity contribution in [3.8, 4) is 0 Å². The second-order valence-electron chi connectivity index (χ2n) is 8.28. The lowest BCUT2D eigenvalue weighted by atomic mass is 9.97. The summed E-state index contributed by atoms with van der Waals surface area (Å²) in [6, 6.07) is 13.2. The highest BCUT2D eigenvalue weighted by Crippen LogP contribution is 2.40. The predicted molar refractivity (Wildman–Crippen MR) is 126 cm³/mol. The number of carbonyl (C=O) groups is 2. The van der Waals surface area contributed by atoms with E-state index in [1.807, 2.05) is 30.3 Å². The molecule has 2 aromatic carbocycles. The maximum atomic E-state index is 15.0. The van der Waals surface area contributed by atoms with Crippen molar-refractivity contribution < 1.29 is 19.2 Å². The highest BCUT2D eigenvalue weighted by Gasteiger charge is 2.41. The Labute approximate surface area is 196 Å². The fourth-order valence-electron chi connectivity index (χ4n) is 4.10. The zero-order chi connectivity index (χ0) is 23.4. The van der Waals surface area contributed by atoms with E-state index in [0.29, 0.717) is 17.1 Å². The molecule has 2 aromatic rings. The van der Waals surface area contributed by atoms with E-state index in [-0.39, 0.29) is 12.5 Å². The number of hydrogen-bond acceptors (Lipinski definition) is 7. The smallest absolute Gasteiger partial charge is 0.218 e. The lowest BCUT2D eigenvalue weighted by Gasteiger charge is -2.34. The molecule has 0 aromatic heterocycles. The zero-order valence-electron chi connectivity index (χ0n) is 18.3. The molecule has 0 spiro atoms. The third kappa shape index (κ3) is 5.33. The molecule has 4 rings (SSSR count). The van der Waals surface area contributed by atoms with Crippen molar-refractivity contribution in [2.75, 3.05) is 13.1 Å². The van der Waals surface area contributed by atoms with Crippen LogP contribution < -0.4 is 10.8 Å². The van der Waals surface area contributed by atoms with Crippen LogP contribution in [0.5, 0.6) is 0 Å². The summed E-state index contributed by atoms with van der Waals surface area (Å²) in [6.07, 6.45) is 1.68. The van der Waals surface area contributed by atoms with Crippen molar-refractivity contribution in [3.05, 3.63) is 65.5 Å². The van der Waals surface area contributed by atoms with E-state index >= 15 is 0 Å². The van der Waals surface area contributed by atoms with Crippen molar-refractivity contribution in [1.29, 1.82) is 0 Å². The minimum Gasteiger partial charge on any atom is -0.317 e.